The highest BCUT2D eigenvalue weighted by molar-refractivity contribution is 5.86. The van der Waals surface area contributed by atoms with Crippen LogP contribution in [-0.2, 0) is 14.3 Å². The predicted molar refractivity (Wildman–Crippen MR) is 70.7 cm³/mol. The first-order valence-corrected chi connectivity index (χ1v) is 5.98. The van der Waals surface area contributed by atoms with Gasteiger partial charge in [0.25, 0.3) is 0 Å². The van der Waals surface area contributed by atoms with Crippen LogP contribution < -0.4 is 16.0 Å². The maximum absolute atomic E-state index is 11.7. The minimum absolute atomic E-state index is 0. The lowest BCUT2D eigenvalue weighted by Gasteiger charge is -2.21. The van der Waals surface area contributed by atoms with E-state index in [1.165, 1.54) is 0 Å². The molecule has 0 aromatic heterocycles. The molecule has 0 bridgehead atoms. The molecule has 0 unspecified atom stereocenters. The fourth-order valence-electron chi connectivity index (χ4n) is 1.74. The summed E-state index contributed by atoms with van der Waals surface area (Å²) in [7, 11) is 1.57. The number of hydrogen-bond acceptors (Lipinski definition) is 4. The summed E-state index contributed by atoms with van der Waals surface area (Å²) in [5.41, 5.74) is 0. The van der Waals surface area contributed by atoms with E-state index in [-0.39, 0.29) is 36.7 Å². The highest BCUT2D eigenvalue weighted by atomic mass is 35.5. The average molecular weight is 280 g/mol. The first-order chi connectivity index (χ1) is 8.24. The Morgan fingerprint density at radius 2 is 2.17 bits per heavy atom. The Morgan fingerprint density at radius 1 is 1.39 bits per heavy atom. The zero-order valence-corrected chi connectivity index (χ0v) is 11.5. The minimum Gasteiger partial charge on any atom is -0.383 e. The number of carbonyl (C=O) groups excluding carboxylic acids is 2. The van der Waals surface area contributed by atoms with Gasteiger partial charge in [0.05, 0.1) is 19.1 Å². The van der Waals surface area contributed by atoms with Gasteiger partial charge < -0.3 is 20.7 Å². The van der Waals surface area contributed by atoms with E-state index in [9.17, 15) is 9.59 Å². The van der Waals surface area contributed by atoms with Gasteiger partial charge in [-0.3, -0.25) is 9.59 Å². The van der Waals surface area contributed by atoms with Crippen LogP contribution in [0.4, 0.5) is 0 Å². The number of nitrogens with one attached hydrogen (secondary N) is 3. The van der Waals surface area contributed by atoms with Gasteiger partial charge in [-0.15, -0.1) is 12.4 Å². The van der Waals surface area contributed by atoms with Crippen molar-refractivity contribution in [1.82, 2.24) is 16.0 Å². The van der Waals surface area contributed by atoms with Gasteiger partial charge in [0.1, 0.15) is 0 Å². The number of piperidine rings is 1. The van der Waals surface area contributed by atoms with E-state index in [2.05, 4.69) is 16.0 Å². The average Bonchev–Trinajstić information content (AvgIpc) is 2.37. The lowest BCUT2D eigenvalue weighted by molar-refractivity contribution is -0.129. The molecule has 1 heterocycles. The Balaban J connectivity index is 0.00000289. The molecule has 1 aliphatic heterocycles. The van der Waals surface area contributed by atoms with E-state index < -0.39 is 0 Å². The van der Waals surface area contributed by atoms with Crippen molar-refractivity contribution in [2.75, 3.05) is 39.9 Å². The highest BCUT2D eigenvalue weighted by Crippen LogP contribution is 2.09. The van der Waals surface area contributed by atoms with Gasteiger partial charge in [-0.05, 0) is 19.4 Å². The molecule has 3 N–H and O–H groups in total. The summed E-state index contributed by atoms with van der Waals surface area (Å²) in [6.07, 6.45) is 1.91. The lowest BCUT2D eigenvalue weighted by Crippen LogP contribution is -2.44. The number of carbonyl (C=O) groups is 2. The SMILES string of the molecule is COCCNC(=O)CNC(=O)[C@@H]1CCCNC1.Cl. The summed E-state index contributed by atoms with van der Waals surface area (Å²) in [4.78, 5) is 23.0. The monoisotopic (exact) mass is 279 g/mol. The van der Waals surface area contributed by atoms with E-state index in [0.717, 1.165) is 19.4 Å². The van der Waals surface area contributed by atoms with Crippen molar-refractivity contribution in [2.45, 2.75) is 12.8 Å². The predicted octanol–water partition coefficient (Wildman–Crippen LogP) is -0.713. The van der Waals surface area contributed by atoms with Gasteiger partial charge >= 0.3 is 0 Å². The molecule has 0 radical (unpaired) electrons. The highest BCUT2D eigenvalue weighted by Gasteiger charge is 2.20. The van der Waals surface area contributed by atoms with Crippen molar-refractivity contribution in [2.24, 2.45) is 5.92 Å². The molecule has 0 saturated carbocycles. The summed E-state index contributed by atoms with van der Waals surface area (Å²) in [6, 6.07) is 0. The van der Waals surface area contributed by atoms with Gasteiger partial charge in [0.2, 0.25) is 11.8 Å². The van der Waals surface area contributed by atoms with Crippen molar-refractivity contribution in [3.05, 3.63) is 0 Å². The van der Waals surface area contributed by atoms with Crippen LogP contribution in [0.25, 0.3) is 0 Å². The molecular weight excluding hydrogens is 258 g/mol. The first kappa shape index (κ1) is 17.2. The Labute approximate surface area is 114 Å². The third-order valence-electron chi connectivity index (χ3n) is 2.72. The van der Waals surface area contributed by atoms with Crippen molar-refractivity contribution in [3.63, 3.8) is 0 Å². The maximum atomic E-state index is 11.7. The Hall–Kier alpha value is -0.850. The number of rotatable bonds is 6. The van der Waals surface area contributed by atoms with Gasteiger partial charge in [0.15, 0.2) is 0 Å². The second kappa shape index (κ2) is 10.1. The third-order valence-corrected chi connectivity index (χ3v) is 2.72. The summed E-state index contributed by atoms with van der Waals surface area (Å²) in [6.45, 7) is 2.67. The van der Waals surface area contributed by atoms with E-state index in [4.69, 9.17) is 4.74 Å². The molecule has 1 aliphatic rings. The molecule has 1 atom stereocenters. The molecule has 18 heavy (non-hydrogen) atoms. The van der Waals surface area contributed by atoms with E-state index in [1.807, 2.05) is 0 Å². The standard InChI is InChI=1S/C11H21N3O3.ClH/c1-17-6-5-13-10(15)8-14-11(16)9-3-2-4-12-7-9;/h9,12H,2-8H2,1H3,(H,13,15)(H,14,16);1H/t9-;/m1./s1. The van der Waals surface area contributed by atoms with E-state index in [1.54, 1.807) is 7.11 Å². The minimum atomic E-state index is -0.181. The quantitative estimate of drug-likeness (QED) is 0.561. The van der Waals surface area contributed by atoms with Crippen LogP contribution in [0, 0.1) is 5.92 Å². The van der Waals surface area contributed by atoms with Crippen molar-refractivity contribution >= 4 is 24.2 Å². The molecule has 0 aromatic rings. The van der Waals surface area contributed by atoms with Crippen LogP contribution in [0.2, 0.25) is 0 Å². The number of amides is 2. The zero-order valence-electron chi connectivity index (χ0n) is 10.7. The normalized spacial score (nSPS) is 18.6. The maximum Gasteiger partial charge on any atom is 0.239 e. The molecule has 6 nitrogen and oxygen atoms in total. The molecule has 0 spiro atoms. The topological polar surface area (TPSA) is 79.5 Å². The van der Waals surface area contributed by atoms with Gasteiger partial charge in [-0.25, -0.2) is 0 Å². The molecule has 1 saturated heterocycles. The number of methoxy groups -OCH3 is 1. The first-order valence-electron chi connectivity index (χ1n) is 5.98. The van der Waals surface area contributed by atoms with Crippen LogP contribution in [0.3, 0.4) is 0 Å². The van der Waals surface area contributed by atoms with Gasteiger partial charge in [0, 0.05) is 20.2 Å². The number of halogens is 1. The molecule has 0 aliphatic carbocycles. The van der Waals surface area contributed by atoms with E-state index >= 15 is 0 Å². The number of hydrogen-bond donors (Lipinski definition) is 3. The second-order valence-corrected chi connectivity index (χ2v) is 4.10. The number of ether oxygens (including phenoxy) is 1. The van der Waals surface area contributed by atoms with Gasteiger partial charge in [-0.1, -0.05) is 0 Å². The fourth-order valence-corrected chi connectivity index (χ4v) is 1.74. The lowest BCUT2D eigenvalue weighted by atomic mass is 9.99. The Kier molecular flexibility index (Phi) is 9.63. The molecule has 2 amide bonds. The van der Waals surface area contributed by atoms with Crippen LogP contribution >= 0.6 is 12.4 Å². The van der Waals surface area contributed by atoms with Crippen LogP contribution in [-0.4, -0.2) is 51.7 Å². The van der Waals surface area contributed by atoms with Crippen LogP contribution in [0.15, 0.2) is 0 Å². The summed E-state index contributed by atoms with van der Waals surface area (Å²) in [5.74, 6) is -0.228. The molecule has 106 valence electrons. The van der Waals surface area contributed by atoms with E-state index in [0.29, 0.717) is 19.7 Å². The molecule has 1 rings (SSSR count). The zero-order chi connectivity index (χ0) is 12.5. The summed E-state index contributed by atoms with van der Waals surface area (Å²) >= 11 is 0. The summed E-state index contributed by atoms with van der Waals surface area (Å²) < 4.78 is 4.80. The summed E-state index contributed by atoms with van der Waals surface area (Å²) in [5, 5.41) is 8.46. The Morgan fingerprint density at radius 3 is 2.78 bits per heavy atom. The fraction of sp³-hybridized carbons (Fsp3) is 0.818. The van der Waals surface area contributed by atoms with Crippen molar-refractivity contribution in [3.8, 4) is 0 Å². The van der Waals surface area contributed by atoms with Crippen molar-refractivity contribution in [1.29, 1.82) is 0 Å². The van der Waals surface area contributed by atoms with Crippen LogP contribution in [0.5, 0.6) is 0 Å². The molecule has 0 aromatic carbocycles. The second-order valence-electron chi connectivity index (χ2n) is 4.10. The smallest absolute Gasteiger partial charge is 0.239 e. The van der Waals surface area contributed by atoms with Gasteiger partial charge in [-0.2, -0.15) is 0 Å². The van der Waals surface area contributed by atoms with Crippen molar-refractivity contribution < 1.29 is 14.3 Å². The third kappa shape index (κ3) is 6.78. The molecule has 1 fully saturated rings. The molecule has 7 heteroatoms. The largest absolute Gasteiger partial charge is 0.383 e. The Bertz CT molecular complexity index is 258. The van der Waals surface area contributed by atoms with Crippen LogP contribution in [0.1, 0.15) is 12.8 Å². The molecular formula is C11H22ClN3O3.